The molecule has 19 heavy (non-hydrogen) atoms. The molecule has 1 atom stereocenters. The van der Waals surface area contributed by atoms with E-state index >= 15 is 0 Å². The molecule has 2 aromatic rings. The van der Waals surface area contributed by atoms with Gasteiger partial charge in [-0.15, -0.1) is 0 Å². The minimum Gasteiger partial charge on any atom is -0.466 e. The van der Waals surface area contributed by atoms with Gasteiger partial charge in [0, 0.05) is 17.4 Å². The molecule has 0 N–H and O–H groups in total. The highest BCUT2D eigenvalue weighted by Crippen LogP contribution is 2.34. The molecule has 0 bridgehead atoms. The highest BCUT2D eigenvalue weighted by molar-refractivity contribution is 5.83. The standard InChI is InChI=1S/C15H15FO3/c1-2-18-15(17)9-3-5-11-12-8-10(16)4-6-13(12)19-14(11)7-9/h4,6,8-9H,2-3,5,7H2,1H3. The molecule has 1 unspecified atom stereocenters. The summed E-state index contributed by atoms with van der Waals surface area (Å²) in [5, 5.41) is 0.831. The minimum atomic E-state index is -0.261. The number of fused-ring (bicyclic) bond motifs is 3. The molecular formula is C15H15FO3. The quantitative estimate of drug-likeness (QED) is 0.780. The molecule has 0 aliphatic heterocycles. The van der Waals surface area contributed by atoms with Crippen LogP contribution >= 0.6 is 0 Å². The number of furan rings is 1. The molecule has 1 aromatic heterocycles. The first-order chi connectivity index (χ1) is 9.19. The Labute approximate surface area is 110 Å². The summed E-state index contributed by atoms with van der Waals surface area (Å²) in [6, 6.07) is 4.53. The van der Waals surface area contributed by atoms with Crippen molar-refractivity contribution in [3.63, 3.8) is 0 Å². The van der Waals surface area contributed by atoms with E-state index in [4.69, 9.17) is 9.15 Å². The van der Waals surface area contributed by atoms with Gasteiger partial charge in [0.1, 0.15) is 17.2 Å². The highest BCUT2D eigenvalue weighted by atomic mass is 19.1. The fraction of sp³-hybridized carbons (Fsp3) is 0.400. The van der Waals surface area contributed by atoms with Crippen LogP contribution in [0.3, 0.4) is 0 Å². The van der Waals surface area contributed by atoms with Gasteiger partial charge in [-0.25, -0.2) is 4.39 Å². The van der Waals surface area contributed by atoms with Crippen molar-refractivity contribution in [2.24, 2.45) is 5.92 Å². The topological polar surface area (TPSA) is 39.4 Å². The Bertz CT molecular complexity index is 630. The molecule has 1 aliphatic carbocycles. The Balaban J connectivity index is 1.93. The Hall–Kier alpha value is -1.84. The van der Waals surface area contributed by atoms with Gasteiger partial charge in [0.15, 0.2) is 0 Å². The van der Waals surface area contributed by atoms with Crippen molar-refractivity contribution in [1.29, 1.82) is 0 Å². The lowest BCUT2D eigenvalue weighted by molar-refractivity contribution is -0.148. The van der Waals surface area contributed by atoms with Crippen molar-refractivity contribution >= 4 is 16.9 Å². The molecule has 0 saturated heterocycles. The van der Waals surface area contributed by atoms with E-state index in [2.05, 4.69) is 0 Å². The van der Waals surface area contributed by atoms with Crippen molar-refractivity contribution in [3.05, 3.63) is 35.3 Å². The normalized spacial score (nSPS) is 18.3. The number of benzene rings is 1. The third kappa shape index (κ3) is 2.11. The molecule has 3 rings (SSSR count). The van der Waals surface area contributed by atoms with Gasteiger partial charge in [0.25, 0.3) is 0 Å². The number of aryl methyl sites for hydroxylation is 1. The fourth-order valence-corrected chi connectivity index (χ4v) is 2.72. The van der Waals surface area contributed by atoms with E-state index in [-0.39, 0.29) is 17.7 Å². The molecule has 1 aliphatic rings. The predicted molar refractivity (Wildman–Crippen MR) is 68.3 cm³/mol. The lowest BCUT2D eigenvalue weighted by Crippen LogP contribution is -2.24. The predicted octanol–water partition coefficient (Wildman–Crippen LogP) is 3.24. The molecule has 0 radical (unpaired) electrons. The summed E-state index contributed by atoms with van der Waals surface area (Å²) in [4.78, 5) is 11.8. The van der Waals surface area contributed by atoms with Crippen molar-refractivity contribution in [3.8, 4) is 0 Å². The van der Waals surface area contributed by atoms with Crippen LogP contribution in [0.15, 0.2) is 22.6 Å². The summed E-state index contributed by atoms with van der Waals surface area (Å²) in [5.74, 6) is 0.228. The zero-order chi connectivity index (χ0) is 13.4. The number of rotatable bonds is 2. The van der Waals surface area contributed by atoms with Crippen molar-refractivity contribution < 1.29 is 18.3 Å². The average molecular weight is 262 g/mol. The largest absolute Gasteiger partial charge is 0.466 e. The van der Waals surface area contributed by atoms with Crippen LogP contribution in [0.2, 0.25) is 0 Å². The second kappa shape index (κ2) is 4.68. The molecule has 4 heteroatoms. The summed E-state index contributed by atoms with van der Waals surface area (Å²) in [5.41, 5.74) is 1.73. The molecule has 3 nitrogen and oxygen atoms in total. The summed E-state index contributed by atoms with van der Waals surface area (Å²) < 4.78 is 24.1. The third-order valence-corrected chi connectivity index (χ3v) is 3.63. The summed E-state index contributed by atoms with van der Waals surface area (Å²) >= 11 is 0. The summed E-state index contributed by atoms with van der Waals surface area (Å²) in [6.45, 7) is 2.20. The van der Waals surface area contributed by atoms with E-state index in [0.717, 1.165) is 29.6 Å². The van der Waals surface area contributed by atoms with Crippen LogP contribution in [0.25, 0.3) is 11.0 Å². The van der Waals surface area contributed by atoms with Crippen LogP contribution in [0.4, 0.5) is 4.39 Å². The maximum atomic E-state index is 13.3. The number of carbonyl (C=O) groups excluding carboxylic acids is 1. The lowest BCUT2D eigenvalue weighted by Gasteiger charge is -2.19. The molecule has 0 fully saturated rings. The molecule has 1 aromatic carbocycles. The average Bonchev–Trinajstić information content (AvgIpc) is 2.76. The first-order valence-electron chi connectivity index (χ1n) is 6.55. The van der Waals surface area contributed by atoms with Crippen molar-refractivity contribution in [2.45, 2.75) is 26.2 Å². The summed E-state index contributed by atoms with van der Waals surface area (Å²) in [7, 11) is 0. The molecule has 1 heterocycles. The zero-order valence-electron chi connectivity index (χ0n) is 10.7. The monoisotopic (exact) mass is 262 g/mol. The van der Waals surface area contributed by atoms with Crippen LogP contribution in [0, 0.1) is 11.7 Å². The Kier molecular flexibility index (Phi) is 3.01. The van der Waals surface area contributed by atoms with Crippen molar-refractivity contribution in [1.82, 2.24) is 0 Å². The number of hydrogen-bond donors (Lipinski definition) is 0. The first-order valence-corrected chi connectivity index (χ1v) is 6.55. The van der Waals surface area contributed by atoms with E-state index in [1.54, 1.807) is 13.0 Å². The van der Waals surface area contributed by atoms with Gasteiger partial charge >= 0.3 is 5.97 Å². The molecule has 0 saturated carbocycles. The van der Waals surface area contributed by atoms with E-state index in [9.17, 15) is 9.18 Å². The number of carbonyl (C=O) groups is 1. The molecule has 0 amide bonds. The minimum absolute atomic E-state index is 0.141. The van der Waals surface area contributed by atoms with Crippen LogP contribution in [-0.4, -0.2) is 12.6 Å². The van der Waals surface area contributed by atoms with Gasteiger partial charge in [-0.2, -0.15) is 0 Å². The smallest absolute Gasteiger partial charge is 0.309 e. The van der Waals surface area contributed by atoms with E-state index in [0.29, 0.717) is 18.6 Å². The van der Waals surface area contributed by atoms with Gasteiger partial charge in [0.05, 0.1) is 12.5 Å². The molecule has 100 valence electrons. The van der Waals surface area contributed by atoms with E-state index < -0.39 is 0 Å². The SMILES string of the molecule is CCOC(=O)C1CCc2c(oc3ccc(F)cc23)C1. The summed E-state index contributed by atoms with van der Waals surface area (Å²) in [6.07, 6.45) is 2.01. The van der Waals surface area contributed by atoms with Gasteiger partial charge in [0.2, 0.25) is 0 Å². The van der Waals surface area contributed by atoms with Gasteiger partial charge in [-0.1, -0.05) is 0 Å². The Morgan fingerprint density at radius 2 is 2.37 bits per heavy atom. The van der Waals surface area contributed by atoms with E-state index in [1.165, 1.54) is 12.1 Å². The molecule has 0 spiro atoms. The van der Waals surface area contributed by atoms with Crippen molar-refractivity contribution in [2.75, 3.05) is 6.61 Å². The molecular weight excluding hydrogens is 247 g/mol. The highest BCUT2D eigenvalue weighted by Gasteiger charge is 2.29. The number of ether oxygens (including phenoxy) is 1. The van der Waals surface area contributed by atoms with Gasteiger partial charge < -0.3 is 9.15 Å². The fourth-order valence-electron chi connectivity index (χ4n) is 2.72. The van der Waals surface area contributed by atoms with Crippen LogP contribution < -0.4 is 0 Å². The first kappa shape index (κ1) is 12.2. The number of halogens is 1. The Morgan fingerprint density at radius 3 is 3.16 bits per heavy atom. The van der Waals surface area contributed by atoms with Gasteiger partial charge in [-0.3, -0.25) is 4.79 Å². The van der Waals surface area contributed by atoms with E-state index in [1.807, 2.05) is 0 Å². The lowest BCUT2D eigenvalue weighted by atomic mass is 9.87. The van der Waals surface area contributed by atoms with Crippen LogP contribution in [0.5, 0.6) is 0 Å². The number of esters is 1. The second-order valence-electron chi connectivity index (χ2n) is 4.84. The van der Waals surface area contributed by atoms with Gasteiger partial charge in [-0.05, 0) is 38.0 Å². The second-order valence-corrected chi connectivity index (χ2v) is 4.84. The Morgan fingerprint density at radius 1 is 1.53 bits per heavy atom. The van der Waals surface area contributed by atoms with Crippen LogP contribution in [0.1, 0.15) is 24.7 Å². The van der Waals surface area contributed by atoms with Crippen LogP contribution in [-0.2, 0) is 22.4 Å². The zero-order valence-corrected chi connectivity index (χ0v) is 10.7. The number of hydrogen-bond acceptors (Lipinski definition) is 3. The third-order valence-electron chi connectivity index (χ3n) is 3.63. The maximum Gasteiger partial charge on any atom is 0.309 e. The maximum absolute atomic E-state index is 13.3.